The van der Waals surface area contributed by atoms with E-state index in [9.17, 15) is 0 Å². The van der Waals surface area contributed by atoms with E-state index in [-0.39, 0.29) is 0 Å². The minimum Gasteiger partial charge on any atom is -0.308 e. The number of aromatic nitrogens is 4. The van der Waals surface area contributed by atoms with Gasteiger partial charge in [0.15, 0.2) is 5.82 Å². The van der Waals surface area contributed by atoms with Crippen molar-refractivity contribution in [1.82, 2.24) is 19.5 Å². The van der Waals surface area contributed by atoms with Crippen LogP contribution in [0.25, 0.3) is 117 Å². The molecule has 0 spiro atoms. The number of fused-ring (bicyclic) bond motifs is 6. The number of rotatable bonds is 7. The van der Waals surface area contributed by atoms with Gasteiger partial charge in [-0.1, -0.05) is 194 Å². The van der Waals surface area contributed by atoms with E-state index in [4.69, 9.17) is 15.0 Å². The second-order valence-electron chi connectivity index (χ2n) is 15.9. The van der Waals surface area contributed by atoms with Crippen molar-refractivity contribution >= 4 is 43.5 Å². The van der Waals surface area contributed by atoms with Gasteiger partial charge >= 0.3 is 0 Å². The van der Waals surface area contributed by atoms with Crippen LogP contribution in [0.1, 0.15) is 0 Å². The Labute approximate surface area is 365 Å². The standard InChI is InChI=1S/C59H38N4/c1-4-16-39(17-5-1)40-28-30-43(31-29-40)54-38-53(42-18-6-2-7-19-42)61-59(62-54)49-37-36-46(47-22-10-11-23-48(47)49)41-32-34-45(35-33-41)63-55-27-15-13-25-51(55)56-57(44-20-8-3-9-21-44)60-52-26-14-12-24-50(52)58(56)63/h1-38H. The van der Waals surface area contributed by atoms with Gasteiger partial charge in [-0.15, -0.1) is 0 Å². The molecule has 63 heavy (non-hydrogen) atoms. The van der Waals surface area contributed by atoms with Gasteiger partial charge in [0.05, 0.1) is 33.6 Å². The van der Waals surface area contributed by atoms with Gasteiger partial charge in [0.25, 0.3) is 0 Å². The number of nitrogens with zero attached hydrogens (tertiary/aromatic N) is 4. The zero-order valence-corrected chi connectivity index (χ0v) is 34.2. The van der Waals surface area contributed by atoms with Crippen LogP contribution in [0.15, 0.2) is 231 Å². The Morgan fingerprint density at radius 3 is 1.48 bits per heavy atom. The maximum atomic E-state index is 5.27. The Morgan fingerprint density at radius 1 is 0.317 bits per heavy atom. The zero-order chi connectivity index (χ0) is 41.7. The summed E-state index contributed by atoms with van der Waals surface area (Å²) in [6, 6.07) is 81.4. The maximum absolute atomic E-state index is 5.27. The lowest BCUT2D eigenvalue weighted by Crippen LogP contribution is -1.97. The fraction of sp³-hybridized carbons (Fsp3) is 0. The molecule has 0 bridgehead atoms. The summed E-state index contributed by atoms with van der Waals surface area (Å²) in [5, 5.41) is 5.71. The van der Waals surface area contributed by atoms with E-state index in [0.29, 0.717) is 5.82 Å². The molecule has 0 unspecified atom stereocenters. The Balaban J connectivity index is 0.980. The van der Waals surface area contributed by atoms with Crippen LogP contribution in [0.3, 0.4) is 0 Å². The van der Waals surface area contributed by atoms with Crippen molar-refractivity contribution in [3.8, 4) is 73.1 Å². The van der Waals surface area contributed by atoms with Crippen molar-refractivity contribution in [2.45, 2.75) is 0 Å². The second kappa shape index (κ2) is 15.2. The number of pyridine rings is 1. The smallest absolute Gasteiger partial charge is 0.161 e. The normalized spacial score (nSPS) is 11.5. The fourth-order valence-electron chi connectivity index (χ4n) is 9.23. The summed E-state index contributed by atoms with van der Waals surface area (Å²) in [6.07, 6.45) is 0. The van der Waals surface area contributed by atoms with Gasteiger partial charge in [-0.2, -0.15) is 0 Å². The first-order valence-electron chi connectivity index (χ1n) is 21.4. The number of para-hydroxylation sites is 2. The van der Waals surface area contributed by atoms with Crippen molar-refractivity contribution in [2.75, 3.05) is 0 Å². The van der Waals surface area contributed by atoms with Gasteiger partial charge in [0, 0.05) is 44.1 Å². The van der Waals surface area contributed by atoms with Crippen LogP contribution < -0.4 is 0 Å². The third-order valence-corrected chi connectivity index (χ3v) is 12.2. The Bertz CT molecular complexity index is 3630. The molecule has 0 amide bonds. The van der Waals surface area contributed by atoms with E-state index in [2.05, 4.69) is 223 Å². The van der Waals surface area contributed by atoms with Gasteiger partial charge in [-0.05, 0) is 69.4 Å². The molecule has 0 radical (unpaired) electrons. The van der Waals surface area contributed by atoms with E-state index in [1.807, 2.05) is 12.1 Å². The van der Waals surface area contributed by atoms with Crippen molar-refractivity contribution in [3.63, 3.8) is 0 Å². The Morgan fingerprint density at radius 2 is 0.794 bits per heavy atom. The van der Waals surface area contributed by atoms with Gasteiger partial charge in [-0.3, -0.25) is 0 Å². The predicted molar refractivity (Wildman–Crippen MR) is 262 cm³/mol. The molecule has 294 valence electrons. The van der Waals surface area contributed by atoms with Crippen LogP contribution in [0.4, 0.5) is 0 Å². The van der Waals surface area contributed by atoms with Crippen LogP contribution in [0, 0.1) is 0 Å². The molecule has 12 rings (SSSR count). The summed E-state index contributed by atoms with van der Waals surface area (Å²) in [5.41, 5.74) is 16.0. The quantitative estimate of drug-likeness (QED) is 0.161. The Kier molecular flexibility index (Phi) is 8.79. The molecule has 0 aliphatic heterocycles. The largest absolute Gasteiger partial charge is 0.308 e. The van der Waals surface area contributed by atoms with Crippen molar-refractivity contribution in [1.29, 1.82) is 0 Å². The third kappa shape index (κ3) is 6.36. The molecule has 3 heterocycles. The molecule has 12 aromatic rings. The topological polar surface area (TPSA) is 43.6 Å². The van der Waals surface area contributed by atoms with Crippen molar-refractivity contribution < 1.29 is 0 Å². The summed E-state index contributed by atoms with van der Waals surface area (Å²) in [5.74, 6) is 0.694. The molecule has 0 fully saturated rings. The van der Waals surface area contributed by atoms with Crippen LogP contribution in [-0.4, -0.2) is 19.5 Å². The number of hydrogen-bond acceptors (Lipinski definition) is 3. The summed E-state index contributed by atoms with van der Waals surface area (Å²) < 4.78 is 2.41. The predicted octanol–water partition coefficient (Wildman–Crippen LogP) is 15.3. The van der Waals surface area contributed by atoms with E-state index < -0.39 is 0 Å². The summed E-state index contributed by atoms with van der Waals surface area (Å²) in [4.78, 5) is 15.8. The van der Waals surface area contributed by atoms with Crippen LogP contribution in [0.5, 0.6) is 0 Å². The highest BCUT2D eigenvalue weighted by atomic mass is 15.0. The second-order valence-corrected chi connectivity index (χ2v) is 15.9. The maximum Gasteiger partial charge on any atom is 0.161 e. The van der Waals surface area contributed by atoms with Gasteiger partial charge < -0.3 is 4.57 Å². The molecule has 0 aliphatic rings. The summed E-state index contributed by atoms with van der Waals surface area (Å²) in [7, 11) is 0. The highest BCUT2D eigenvalue weighted by Crippen LogP contribution is 2.42. The highest BCUT2D eigenvalue weighted by molar-refractivity contribution is 6.22. The van der Waals surface area contributed by atoms with Crippen molar-refractivity contribution in [2.24, 2.45) is 0 Å². The number of benzene rings is 9. The first-order valence-corrected chi connectivity index (χ1v) is 21.4. The van der Waals surface area contributed by atoms with E-state index in [1.54, 1.807) is 0 Å². The number of hydrogen-bond donors (Lipinski definition) is 0. The fourth-order valence-corrected chi connectivity index (χ4v) is 9.23. The molecule has 4 heteroatoms. The minimum absolute atomic E-state index is 0.694. The highest BCUT2D eigenvalue weighted by Gasteiger charge is 2.21. The zero-order valence-electron chi connectivity index (χ0n) is 34.2. The van der Waals surface area contributed by atoms with E-state index in [1.165, 1.54) is 16.5 Å². The molecular weight excluding hydrogens is 765 g/mol. The average Bonchev–Trinajstić information content (AvgIpc) is 3.72. The molecule has 0 saturated heterocycles. The SMILES string of the molecule is c1ccc(-c2ccc(-c3cc(-c4ccccc4)nc(-c4ccc(-c5ccc(-n6c7ccccc7c7c(-c8ccccc8)nc8ccccc8c76)cc5)c5ccccc45)n3)cc2)cc1. The molecule has 0 aliphatic carbocycles. The lowest BCUT2D eigenvalue weighted by Gasteiger charge is -2.15. The first-order chi connectivity index (χ1) is 31.2. The Hall–Kier alpha value is -8.47. The summed E-state index contributed by atoms with van der Waals surface area (Å²) in [6.45, 7) is 0. The van der Waals surface area contributed by atoms with Crippen LogP contribution >= 0.6 is 0 Å². The van der Waals surface area contributed by atoms with Gasteiger partial charge in [-0.25, -0.2) is 15.0 Å². The first kappa shape index (κ1) is 36.4. The van der Waals surface area contributed by atoms with E-state index >= 15 is 0 Å². The third-order valence-electron chi connectivity index (χ3n) is 12.2. The molecular formula is C59H38N4. The average molecular weight is 803 g/mol. The monoisotopic (exact) mass is 802 g/mol. The van der Waals surface area contributed by atoms with Crippen LogP contribution in [0.2, 0.25) is 0 Å². The van der Waals surface area contributed by atoms with E-state index in [0.717, 1.165) is 94.2 Å². The van der Waals surface area contributed by atoms with Crippen molar-refractivity contribution in [3.05, 3.63) is 231 Å². The van der Waals surface area contributed by atoms with Gasteiger partial charge in [0.1, 0.15) is 0 Å². The lowest BCUT2D eigenvalue weighted by atomic mass is 9.94. The lowest BCUT2D eigenvalue weighted by molar-refractivity contribution is 1.18. The van der Waals surface area contributed by atoms with Crippen LogP contribution in [-0.2, 0) is 0 Å². The molecule has 3 aromatic heterocycles. The summed E-state index contributed by atoms with van der Waals surface area (Å²) >= 11 is 0. The minimum atomic E-state index is 0.694. The van der Waals surface area contributed by atoms with Gasteiger partial charge in [0.2, 0.25) is 0 Å². The molecule has 4 nitrogen and oxygen atoms in total. The molecule has 9 aromatic carbocycles. The molecule has 0 atom stereocenters. The molecule has 0 N–H and O–H groups in total. The molecule has 0 saturated carbocycles.